The van der Waals surface area contributed by atoms with Crippen LogP contribution in [-0.4, -0.2) is 11.9 Å². The molecule has 21 heavy (non-hydrogen) atoms. The van der Waals surface area contributed by atoms with Gasteiger partial charge in [0, 0.05) is 17.4 Å². The molecule has 2 unspecified atom stereocenters. The number of anilines is 2. The minimum Gasteiger partial charge on any atom is -0.382 e. The molecule has 1 aliphatic rings. The highest BCUT2D eigenvalue weighted by Crippen LogP contribution is 2.34. The van der Waals surface area contributed by atoms with Gasteiger partial charge in [0.2, 0.25) is 5.91 Å². The Labute approximate surface area is 125 Å². The lowest BCUT2D eigenvalue weighted by Crippen LogP contribution is -2.32. The molecule has 2 aromatic carbocycles. The maximum atomic E-state index is 12.7. The van der Waals surface area contributed by atoms with E-state index >= 15 is 0 Å². The molecule has 0 bridgehead atoms. The molecule has 0 aromatic heterocycles. The fraction of sp³-hybridized carbons (Fsp3) is 0.278. The highest BCUT2D eigenvalue weighted by Gasteiger charge is 2.29. The Kier molecular flexibility index (Phi) is 3.65. The molecule has 1 amide bonds. The fourth-order valence-corrected chi connectivity index (χ4v) is 2.92. The summed E-state index contributed by atoms with van der Waals surface area (Å²) in [7, 11) is 0. The zero-order valence-electron chi connectivity index (χ0n) is 12.4. The van der Waals surface area contributed by atoms with Crippen LogP contribution in [-0.2, 0) is 4.79 Å². The first-order valence-electron chi connectivity index (χ1n) is 7.37. The van der Waals surface area contributed by atoms with Gasteiger partial charge in [0.25, 0.3) is 0 Å². The lowest BCUT2D eigenvalue weighted by molar-refractivity contribution is -0.117. The summed E-state index contributed by atoms with van der Waals surface area (Å²) in [6.45, 7) is 4.12. The number of carbonyl (C=O) groups is 1. The van der Waals surface area contributed by atoms with Crippen LogP contribution in [0, 0.1) is 6.92 Å². The smallest absolute Gasteiger partial charge is 0.232 e. The Balaban J connectivity index is 1.87. The first-order valence-corrected chi connectivity index (χ1v) is 7.37. The monoisotopic (exact) mass is 280 g/mol. The predicted octanol–water partition coefficient (Wildman–Crippen LogP) is 3.92. The van der Waals surface area contributed by atoms with Crippen LogP contribution in [0.5, 0.6) is 0 Å². The average Bonchev–Trinajstić information content (AvgIpc) is 2.48. The molecule has 3 nitrogen and oxygen atoms in total. The molecule has 0 radical (unpaired) electrons. The topological polar surface area (TPSA) is 41.1 Å². The Morgan fingerprint density at radius 1 is 1.14 bits per heavy atom. The van der Waals surface area contributed by atoms with Gasteiger partial charge in [-0.1, -0.05) is 36.4 Å². The van der Waals surface area contributed by atoms with E-state index in [-0.39, 0.29) is 11.8 Å². The number of nitrogens with one attached hydrogen (secondary N) is 2. The molecule has 0 saturated heterocycles. The highest BCUT2D eigenvalue weighted by molar-refractivity contribution is 5.97. The van der Waals surface area contributed by atoms with Gasteiger partial charge in [-0.25, -0.2) is 0 Å². The van der Waals surface area contributed by atoms with E-state index in [0.717, 1.165) is 28.9 Å². The third-order valence-electron chi connectivity index (χ3n) is 4.05. The van der Waals surface area contributed by atoms with Gasteiger partial charge in [-0.05, 0) is 43.5 Å². The van der Waals surface area contributed by atoms with Gasteiger partial charge < -0.3 is 10.6 Å². The van der Waals surface area contributed by atoms with Crippen molar-refractivity contribution < 1.29 is 4.79 Å². The number of fused-ring (bicyclic) bond motifs is 1. The highest BCUT2D eigenvalue weighted by atomic mass is 16.1. The van der Waals surface area contributed by atoms with Crippen LogP contribution in [0.4, 0.5) is 11.4 Å². The average molecular weight is 280 g/mol. The molecule has 3 heteroatoms. The zero-order chi connectivity index (χ0) is 14.8. The zero-order valence-corrected chi connectivity index (χ0v) is 12.4. The number of hydrogen-bond acceptors (Lipinski definition) is 2. The van der Waals surface area contributed by atoms with Gasteiger partial charge in [0.1, 0.15) is 0 Å². The van der Waals surface area contributed by atoms with Crippen molar-refractivity contribution in [3.8, 4) is 0 Å². The second-order valence-corrected chi connectivity index (χ2v) is 5.73. The largest absolute Gasteiger partial charge is 0.382 e. The minimum atomic E-state index is -0.0999. The van der Waals surface area contributed by atoms with Crippen molar-refractivity contribution in [3.63, 3.8) is 0 Å². The second kappa shape index (κ2) is 5.60. The van der Waals surface area contributed by atoms with Crippen molar-refractivity contribution in [2.45, 2.75) is 32.2 Å². The van der Waals surface area contributed by atoms with Gasteiger partial charge in [-0.15, -0.1) is 0 Å². The van der Waals surface area contributed by atoms with Gasteiger partial charge in [-0.3, -0.25) is 4.79 Å². The maximum absolute atomic E-state index is 12.7. The first-order chi connectivity index (χ1) is 10.1. The Hall–Kier alpha value is -2.29. The van der Waals surface area contributed by atoms with Gasteiger partial charge in [0.05, 0.1) is 5.92 Å². The van der Waals surface area contributed by atoms with E-state index in [2.05, 4.69) is 17.6 Å². The summed E-state index contributed by atoms with van der Waals surface area (Å²) in [5.74, 6) is -0.0258. The molecular weight excluding hydrogens is 260 g/mol. The number of hydrogen-bond donors (Lipinski definition) is 2. The summed E-state index contributed by atoms with van der Waals surface area (Å²) in [5.41, 5.74) is 4.13. The SMILES string of the molecule is Cc1ccccc1NC(=O)C1CC(C)Nc2ccccc21. The van der Waals surface area contributed by atoms with Gasteiger partial charge in [0.15, 0.2) is 0 Å². The molecule has 0 fully saturated rings. The molecule has 1 heterocycles. The van der Waals surface area contributed by atoms with E-state index in [1.54, 1.807) is 0 Å². The molecule has 1 aliphatic heterocycles. The molecular formula is C18H20N2O. The number of rotatable bonds is 2. The van der Waals surface area contributed by atoms with Crippen LogP contribution < -0.4 is 10.6 Å². The van der Waals surface area contributed by atoms with E-state index in [4.69, 9.17) is 0 Å². The van der Waals surface area contributed by atoms with E-state index in [1.807, 2.05) is 55.5 Å². The number of aryl methyl sites for hydroxylation is 1. The molecule has 0 aliphatic carbocycles. The van der Waals surface area contributed by atoms with Crippen molar-refractivity contribution in [3.05, 3.63) is 59.7 Å². The lowest BCUT2D eigenvalue weighted by Gasteiger charge is -2.30. The van der Waals surface area contributed by atoms with Crippen LogP contribution in [0.2, 0.25) is 0 Å². The van der Waals surface area contributed by atoms with Gasteiger partial charge >= 0.3 is 0 Å². The Bertz CT molecular complexity index is 666. The molecule has 108 valence electrons. The van der Waals surface area contributed by atoms with E-state index in [1.165, 1.54) is 0 Å². The van der Waals surface area contributed by atoms with E-state index < -0.39 is 0 Å². The van der Waals surface area contributed by atoms with Gasteiger partial charge in [-0.2, -0.15) is 0 Å². The first kappa shape index (κ1) is 13.7. The molecule has 2 aromatic rings. The van der Waals surface area contributed by atoms with Crippen LogP contribution in [0.3, 0.4) is 0 Å². The third-order valence-corrected chi connectivity index (χ3v) is 4.05. The van der Waals surface area contributed by atoms with Crippen LogP contribution in [0.25, 0.3) is 0 Å². The summed E-state index contributed by atoms with van der Waals surface area (Å²) >= 11 is 0. The number of benzene rings is 2. The fourth-order valence-electron chi connectivity index (χ4n) is 2.92. The summed E-state index contributed by atoms with van der Waals surface area (Å²) in [4.78, 5) is 12.7. The number of carbonyl (C=O) groups excluding carboxylic acids is 1. The van der Waals surface area contributed by atoms with Crippen LogP contribution in [0.15, 0.2) is 48.5 Å². The van der Waals surface area contributed by atoms with Crippen molar-refractivity contribution in [2.75, 3.05) is 10.6 Å². The molecule has 2 N–H and O–H groups in total. The summed E-state index contributed by atoms with van der Waals surface area (Å²) in [6.07, 6.45) is 0.814. The van der Waals surface area contributed by atoms with Crippen LogP contribution in [0.1, 0.15) is 30.4 Å². The Morgan fingerprint density at radius 3 is 2.67 bits per heavy atom. The molecule has 3 rings (SSSR count). The van der Waals surface area contributed by atoms with Crippen molar-refractivity contribution in [1.29, 1.82) is 0 Å². The Morgan fingerprint density at radius 2 is 1.86 bits per heavy atom. The quantitative estimate of drug-likeness (QED) is 0.875. The van der Waals surface area contributed by atoms with E-state index in [9.17, 15) is 4.79 Å². The predicted molar refractivity (Wildman–Crippen MR) is 86.7 cm³/mol. The second-order valence-electron chi connectivity index (χ2n) is 5.73. The number of amides is 1. The maximum Gasteiger partial charge on any atom is 0.232 e. The summed E-state index contributed by atoms with van der Waals surface area (Å²) in [5, 5.41) is 6.51. The number of para-hydroxylation sites is 2. The van der Waals surface area contributed by atoms with Crippen molar-refractivity contribution in [2.24, 2.45) is 0 Å². The lowest BCUT2D eigenvalue weighted by atomic mass is 9.86. The molecule has 2 atom stereocenters. The van der Waals surface area contributed by atoms with Crippen molar-refractivity contribution >= 4 is 17.3 Å². The summed E-state index contributed by atoms with van der Waals surface area (Å²) in [6, 6.07) is 16.2. The third kappa shape index (κ3) is 2.77. The minimum absolute atomic E-state index is 0.0742. The summed E-state index contributed by atoms with van der Waals surface area (Å²) < 4.78 is 0. The van der Waals surface area contributed by atoms with Crippen molar-refractivity contribution in [1.82, 2.24) is 0 Å². The normalized spacial score (nSPS) is 20.3. The van der Waals surface area contributed by atoms with Crippen LogP contribution >= 0.6 is 0 Å². The standard InChI is InChI=1S/C18H20N2O/c1-12-7-3-5-9-16(12)20-18(21)15-11-13(2)19-17-10-6-4-8-14(15)17/h3-10,13,15,19H,11H2,1-2H3,(H,20,21). The molecule has 0 spiro atoms. The van der Waals surface area contributed by atoms with E-state index in [0.29, 0.717) is 6.04 Å². The molecule has 0 saturated carbocycles.